The van der Waals surface area contributed by atoms with Gasteiger partial charge >= 0.3 is 6.03 Å². The van der Waals surface area contributed by atoms with E-state index in [1.807, 2.05) is 35.1 Å². The van der Waals surface area contributed by atoms with E-state index < -0.39 is 0 Å². The first-order chi connectivity index (χ1) is 13.1. The molecule has 3 heterocycles. The van der Waals surface area contributed by atoms with E-state index in [0.717, 1.165) is 18.5 Å². The lowest BCUT2D eigenvalue weighted by molar-refractivity contribution is 0.193. The SMILES string of the molecule is Cn1nccc1C1CCN(C(=O)Nc2ccc(Cl)cc2-n2cccn2)CC1. The summed E-state index contributed by atoms with van der Waals surface area (Å²) in [7, 11) is 1.96. The maximum atomic E-state index is 12.8. The molecule has 1 N–H and O–H groups in total. The lowest BCUT2D eigenvalue weighted by Crippen LogP contribution is -2.41. The maximum Gasteiger partial charge on any atom is 0.321 e. The van der Waals surface area contributed by atoms with E-state index in [0.29, 0.717) is 29.7 Å². The number of hydrogen-bond acceptors (Lipinski definition) is 3. The molecule has 1 saturated heterocycles. The standard InChI is InChI=1S/C19H21ClN6O/c1-24-17(5-9-21-24)14-6-11-25(12-7-14)19(27)23-16-4-3-15(20)13-18(16)26-10-2-8-22-26/h2-5,8-10,13-14H,6-7,11-12H2,1H3,(H,23,27). The van der Waals surface area contributed by atoms with Crippen LogP contribution < -0.4 is 5.32 Å². The van der Waals surface area contributed by atoms with E-state index in [-0.39, 0.29) is 6.03 Å². The van der Waals surface area contributed by atoms with Gasteiger partial charge in [-0.1, -0.05) is 11.6 Å². The number of halogens is 1. The molecule has 1 aliphatic heterocycles. The Labute approximate surface area is 162 Å². The number of rotatable bonds is 3. The van der Waals surface area contributed by atoms with Gasteiger partial charge in [-0.25, -0.2) is 9.48 Å². The minimum absolute atomic E-state index is 0.103. The Kier molecular flexibility index (Phi) is 4.85. The fraction of sp³-hybridized carbons (Fsp3) is 0.316. The molecule has 0 bridgehead atoms. The number of amides is 2. The number of aromatic nitrogens is 4. The molecule has 27 heavy (non-hydrogen) atoms. The highest BCUT2D eigenvalue weighted by Crippen LogP contribution is 2.29. The minimum atomic E-state index is -0.103. The van der Waals surface area contributed by atoms with Crippen molar-refractivity contribution in [1.29, 1.82) is 0 Å². The summed E-state index contributed by atoms with van der Waals surface area (Å²) in [6.45, 7) is 1.43. The van der Waals surface area contributed by atoms with Crippen molar-refractivity contribution in [3.63, 3.8) is 0 Å². The van der Waals surface area contributed by atoms with Crippen molar-refractivity contribution < 1.29 is 4.79 Å². The molecular formula is C19H21ClN6O. The Morgan fingerprint density at radius 1 is 1.19 bits per heavy atom. The first-order valence-electron chi connectivity index (χ1n) is 8.95. The van der Waals surface area contributed by atoms with Crippen molar-refractivity contribution in [2.24, 2.45) is 7.05 Å². The number of piperidine rings is 1. The lowest BCUT2D eigenvalue weighted by Gasteiger charge is -2.32. The van der Waals surface area contributed by atoms with Crippen LogP contribution in [0, 0.1) is 0 Å². The van der Waals surface area contributed by atoms with Crippen molar-refractivity contribution in [2.45, 2.75) is 18.8 Å². The number of nitrogens with one attached hydrogen (secondary N) is 1. The van der Waals surface area contributed by atoms with Crippen LogP contribution in [-0.4, -0.2) is 43.6 Å². The van der Waals surface area contributed by atoms with Crippen LogP contribution in [0.5, 0.6) is 0 Å². The number of anilines is 1. The fourth-order valence-electron chi connectivity index (χ4n) is 3.57. The smallest absolute Gasteiger partial charge is 0.321 e. The maximum absolute atomic E-state index is 12.8. The van der Waals surface area contributed by atoms with Gasteiger partial charge in [-0.05, 0) is 43.2 Å². The third-order valence-corrected chi connectivity index (χ3v) is 5.25. The number of benzene rings is 1. The predicted octanol–water partition coefficient (Wildman–Crippen LogP) is 3.67. The zero-order chi connectivity index (χ0) is 18.8. The molecule has 0 spiro atoms. The van der Waals surface area contributed by atoms with Crippen LogP contribution in [0.2, 0.25) is 5.02 Å². The summed E-state index contributed by atoms with van der Waals surface area (Å²) < 4.78 is 3.61. The van der Waals surface area contributed by atoms with Crippen molar-refractivity contribution in [1.82, 2.24) is 24.5 Å². The molecule has 1 fully saturated rings. The summed E-state index contributed by atoms with van der Waals surface area (Å²) in [6, 6.07) is 9.14. The monoisotopic (exact) mass is 384 g/mol. The molecule has 0 atom stereocenters. The Morgan fingerprint density at radius 2 is 2.00 bits per heavy atom. The van der Waals surface area contributed by atoms with E-state index in [2.05, 4.69) is 21.6 Å². The molecule has 0 radical (unpaired) electrons. The van der Waals surface area contributed by atoms with E-state index in [1.165, 1.54) is 5.69 Å². The number of urea groups is 1. The molecule has 0 unspecified atom stereocenters. The first-order valence-corrected chi connectivity index (χ1v) is 9.33. The van der Waals surface area contributed by atoms with Crippen LogP contribution in [-0.2, 0) is 7.05 Å². The molecule has 7 nitrogen and oxygen atoms in total. The number of likely N-dealkylation sites (tertiary alicyclic amines) is 1. The van der Waals surface area contributed by atoms with Gasteiger partial charge in [0.2, 0.25) is 0 Å². The van der Waals surface area contributed by atoms with Crippen LogP contribution in [0.1, 0.15) is 24.5 Å². The summed E-state index contributed by atoms with van der Waals surface area (Å²) in [5, 5.41) is 12.1. The molecule has 1 aromatic carbocycles. The normalized spacial score (nSPS) is 15.1. The zero-order valence-corrected chi connectivity index (χ0v) is 15.8. The number of nitrogens with zero attached hydrogens (tertiary/aromatic N) is 5. The number of hydrogen-bond donors (Lipinski definition) is 1. The Hall–Kier alpha value is -2.80. The fourth-order valence-corrected chi connectivity index (χ4v) is 3.73. The highest BCUT2D eigenvalue weighted by Gasteiger charge is 2.25. The van der Waals surface area contributed by atoms with E-state index in [4.69, 9.17) is 11.6 Å². The van der Waals surface area contributed by atoms with Crippen LogP contribution in [0.4, 0.5) is 10.5 Å². The van der Waals surface area contributed by atoms with Crippen molar-refractivity contribution in [3.8, 4) is 5.69 Å². The summed E-state index contributed by atoms with van der Waals surface area (Å²) in [5.41, 5.74) is 2.65. The molecular weight excluding hydrogens is 364 g/mol. The van der Waals surface area contributed by atoms with Gasteiger partial charge in [-0.15, -0.1) is 0 Å². The largest absolute Gasteiger partial charge is 0.324 e. The Morgan fingerprint density at radius 3 is 2.67 bits per heavy atom. The number of carbonyl (C=O) groups excluding carboxylic acids is 1. The van der Waals surface area contributed by atoms with Crippen molar-refractivity contribution >= 4 is 23.3 Å². The minimum Gasteiger partial charge on any atom is -0.324 e. The Balaban J connectivity index is 1.44. The second-order valence-electron chi connectivity index (χ2n) is 6.68. The third-order valence-electron chi connectivity index (χ3n) is 5.01. The molecule has 0 saturated carbocycles. The number of carbonyl (C=O) groups is 1. The molecule has 0 aliphatic carbocycles. The van der Waals surface area contributed by atoms with Gasteiger partial charge < -0.3 is 10.2 Å². The van der Waals surface area contributed by atoms with Gasteiger partial charge in [-0.3, -0.25) is 4.68 Å². The van der Waals surface area contributed by atoms with E-state index in [1.54, 1.807) is 29.1 Å². The van der Waals surface area contributed by atoms with Crippen LogP contribution in [0.3, 0.4) is 0 Å². The van der Waals surface area contributed by atoms with Crippen molar-refractivity contribution in [3.05, 3.63) is 59.6 Å². The van der Waals surface area contributed by atoms with Gasteiger partial charge in [-0.2, -0.15) is 10.2 Å². The van der Waals surface area contributed by atoms with Gasteiger partial charge in [0, 0.05) is 55.4 Å². The second kappa shape index (κ2) is 7.44. The first kappa shape index (κ1) is 17.6. The van der Waals surface area contributed by atoms with Gasteiger partial charge in [0.05, 0.1) is 11.4 Å². The van der Waals surface area contributed by atoms with Crippen LogP contribution >= 0.6 is 11.6 Å². The molecule has 1 aliphatic rings. The molecule has 2 aromatic heterocycles. The zero-order valence-electron chi connectivity index (χ0n) is 15.0. The van der Waals surface area contributed by atoms with Crippen LogP contribution in [0.15, 0.2) is 48.9 Å². The van der Waals surface area contributed by atoms with E-state index in [9.17, 15) is 4.79 Å². The quantitative estimate of drug-likeness (QED) is 0.749. The number of aryl methyl sites for hydroxylation is 1. The van der Waals surface area contributed by atoms with Crippen molar-refractivity contribution in [2.75, 3.05) is 18.4 Å². The molecule has 140 valence electrons. The predicted molar refractivity (Wildman–Crippen MR) is 104 cm³/mol. The second-order valence-corrected chi connectivity index (χ2v) is 7.12. The molecule has 8 heteroatoms. The van der Waals surface area contributed by atoms with Gasteiger partial charge in [0.1, 0.15) is 0 Å². The average molecular weight is 385 g/mol. The lowest BCUT2D eigenvalue weighted by atomic mass is 9.93. The van der Waals surface area contributed by atoms with Gasteiger partial charge in [0.15, 0.2) is 0 Å². The highest BCUT2D eigenvalue weighted by molar-refractivity contribution is 6.30. The summed E-state index contributed by atoms with van der Waals surface area (Å²) >= 11 is 6.13. The Bertz CT molecular complexity index is 928. The molecule has 4 rings (SSSR count). The molecule has 2 amide bonds. The summed E-state index contributed by atoms with van der Waals surface area (Å²) in [4.78, 5) is 14.6. The summed E-state index contributed by atoms with van der Waals surface area (Å²) in [5.74, 6) is 0.441. The van der Waals surface area contributed by atoms with Crippen LogP contribution in [0.25, 0.3) is 5.69 Å². The summed E-state index contributed by atoms with van der Waals surface area (Å²) in [6.07, 6.45) is 7.20. The third kappa shape index (κ3) is 3.68. The highest BCUT2D eigenvalue weighted by atomic mass is 35.5. The van der Waals surface area contributed by atoms with E-state index >= 15 is 0 Å². The van der Waals surface area contributed by atoms with Gasteiger partial charge in [0.25, 0.3) is 0 Å². The average Bonchev–Trinajstić information content (AvgIpc) is 3.35. The topological polar surface area (TPSA) is 68.0 Å². The molecule has 3 aromatic rings.